The van der Waals surface area contributed by atoms with E-state index in [1.807, 2.05) is 30.5 Å². The third kappa shape index (κ3) is 3.53. The van der Waals surface area contributed by atoms with Crippen LogP contribution in [0, 0.1) is 5.92 Å². The summed E-state index contributed by atoms with van der Waals surface area (Å²) in [6.07, 6.45) is 4.64. The minimum Gasteiger partial charge on any atom is -0.346 e. The summed E-state index contributed by atoms with van der Waals surface area (Å²) >= 11 is 5.98. The Morgan fingerprint density at radius 2 is 2.12 bits per heavy atom. The van der Waals surface area contributed by atoms with Crippen molar-refractivity contribution in [1.82, 2.24) is 19.9 Å². The van der Waals surface area contributed by atoms with Crippen molar-refractivity contribution in [2.45, 2.75) is 25.9 Å². The van der Waals surface area contributed by atoms with Gasteiger partial charge in [-0.3, -0.25) is 4.90 Å². The average Bonchev–Trinajstić information content (AvgIpc) is 3.04. The maximum absolute atomic E-state index is 6.15. The van der Waals surface area contributed by atoms with E-state index >= 15 is 0 Å². The summed E-state index contributed by atoms with van der Waals surface area (Å²) in [7, 11) is 0. The van der Waals surface area contributed by atoms with Gasteiger partial charge in [0.2, 0.25) is 0 Å². The number of aromatic amines is 1. The summed E-state index contributed by atoms with van der Waals surface area (Å²) in [5.74, 6) is 1.31. The average molecular weight is 371 g/mol. The van der Waals surface area contributed by atoms with Crippen LogP contribution in [0.2, 0.25) is 5.02 Å². The van der Waals surface area contributed by atoms with Gasteiger partial charge in [0.1, 0.15) is 17.8 Å². The number of fused-ring (bicyclic) bond motifs is 1. The Bertz CT molecular complexity index is 891. The number of anilines is 2. The van der Waals surface area contributed by atoms with Gasteiger partial charge < -0.3 is 16.0 Å². The molecule has 6 nitrogen and oxygen atoms in total. The van der Waals surface area contributed by atoms with Crippen LogP contribution in [0.4, 0.5) is 11.5 Å². The third-order valence-corrected chi connectivity index (χ3v) is 5.36. The van der Waals surface area contributed by atoms with Crippen molar-refractivity contribution >= 4 is 34.1 Å². The molecule has 3 heterocycles. The molecule has 0 saturated carbocycles. The number of piperidine rings is 1. The zero-order valence-electron chi connectivity index (χ0n) is 14.7. The number of hydrogen-bond donors (Lipinski definition) is 3. The van der Waals surface area contributed by atoms with Crippen LogP contribution < -0.4 is 11.1 Å². The van der Waals surface area contributed by atoms with E-state index in [-0.39, 0.29) is 0 Å². The van der Waals surface area contributed by atoms with Crippen molar-refractivity contribution in [2.75, 3.05) is 18.4 Å². The summed E-state index contributed by atoms with van der Waals surface area (Å²) in [4.78, 5) is 14.6. The molecule has 26 heavy (non-hydrogen) atoms. The Morgan fingerprint density at radius 1 is 1.31 bits per heavy atom. The van der Waals surface area contributed by atoms with E-state index < -0.39 is 0 Å². The summed E-state index contributed by atoms with van der Waals surface area (Å²) in [6.45, 7) is 5.12. The van der Waals surface area contributed by atoms with E-state index in [1.54, 1.807) is 6.33 Å². The molecule has 0 aliphatic carbocycles. The Labute approximate surface area is 157 Å². The van der Waals surface area contributed by atoms with Crippen LogP contribution in [0.25, 0.3) is 11.0 Å². The number of likely N-dealkylation sites (tertiary alicyclic amines) is 1. The number of nitrogens with one attached hydrogen (secondary N) is 2. The van der Waals surface area contributed by atoms with Crippen molar-refractivity contribution in [1.29, 1.82) is 0 Å². The largest absolute Gasteiger partial charge is 0.346 e. The molecule has 2 atom stereocenters. The number of nitrogens with zero attached hydrogens (tertiary/aromatic N) is 3. The fourth-order valence-electron chi connectivity index (χ4n) is 3.55. The molecule has 0 unspecified atom stereocenters. The molecule has 3 aromatic rings. The highest BCUT2D eigenvalue weighted by Gasteiger charge is 2.24. The monoisotopic (exact) mass is 370 g/mol. The maximum atomic E-state index is 6.15. The van der Waals surface area contributed by atoms with Gasteiger partial charge in [0.05, 0.1) is 5.39 Å². The number of H-pyrrole nitrogens is 1. The molecule has 1 saturated heterocycles. The molecular formula is C19H23ClN6. The minimum absolute atomic E-state index is 0.305. The number of aromatic nitrogens is 3. The molecule has 0 amide bonds. The second kappa shape index (κ2) is 7.23. The Balaban J connectivity index is 1.61. The van der Waals surface area contributed by atoms with Gasteiger partial charge in [-0.1, -0.05) is 18.5 Å². The molecule has 0 spiro atoms. The molecule has 1 fully saturated rings. The third-order valence-electron chi connectivity index (χ3n) is 5.11. The highest BCUT2D eigenvalue weighted by atomic mass is 35.5. The van der Waals surface area contributed by atoms with Crippen LogP contribution in [0.3, 0.4) is 0 Å². The fraction of sp³-hybridized carbons (Fsp3) is 0.368. The van der Waals surface area contributed by atoms with Crippen molar-refractivity contribution in [2.24, 2.45) is 11.7 Å². The SMILES string of the molecule is C[C@H]1CN(Cc2c[nH]c3ncnc(Nc4ccc(Cl)cc4)c23)CC[C@@H]1N. The quantitative estimate of drug-likeness (QED) is 0.654. The lowest BCUT2D eigenvalue weighted by atomic mass is 9.94. The topological polar surface area (TPSA) is 82.9 Å². The van der Waals surface area contributed by atoms with E-state index in [2.05, 4.69) is 32.1 Å². The highest BCUT2D eigenvalue weighted by molar-refractivity contribution is 6.30. The van der Waals surface area contributed by atoms with Crippen LogP contribution in [-0.4, -0.2) is 39.0 Å². The molecule has 0 bridgehead atoms. The summed E-state index contributed by atoms with van der Waals surface area (Å²) in [6, 6.07) is 7.91. The van der Waals surface area contributed by atoms with Crippen molar-refractivity contribution in [3.63, 3.8) is 0 Å². The maximum Gasteiger partial charge on any atom is 0.143 e. The Hall–Kier alpha value is -2.15. The smallest absolute Gasteiger partial charge is 0.143 e. The first-order valence-electron chi connectivity index (χ1n) is 8.91. The van der Waals surface area contributed by atoms with Gasteiger partial charge in [-0.2, -0.15) is 0 Å². The summed E-state index contributed by atoms with van der Waals surface area (Å²) in [5.41, 5.74) is 9.13. The van der Waals surface area contributed by atoms with Crippen LogP contribution in [0.5, 0.6) is 0 Å². The second-order valence-electron chi connectivity index (χ2n) is 7.06. The lowest BCUT2D eigenvalue weighted by Gasteiger charge is -2.34. The van der Waals surface area contributed by atoms with Gasteiger partial charge in [-0.25, -0.2) is 9.97 Å². The van der Waals surface area contributed by atoms with Crippen LogP contribution in [-0.2, 0) is 6.54 Å². The van der Waals surface area contributed by atoms with Crippen LogP contribution in [0.1, 0.15) is 18.9 Å². The van der Waals surface area contributed by atoms with E-state index in [4.69, 9.17) is 17.3 Å². The first kappa shape index (κ1) is 17.3. The van der Waals surface area contributed by atoms with Crippen molar-refractivity contribution in [3.05, 3.63) is 47.4 Å². The number of rotatable bonds is 4. The molecule has 1 aliphatic rings. The van der Waals surface area contributed by atoms with Gasteiger partial charge in [0.15, 0.2) is 0 Å². The number of nitrogens with two attached hydrogens (primary N) is 1. The fourth-order valence-corrected chi connectivity index (χ4v) is 3.68. The number of hydrogen-bond acceptors (Lipinski definition) is 5. The number of benzene rings is 1. The molecule has 2 aromatic heterocycles. The predicted molar refractivity (Wildman–Crippen MR) is 106 cm³/mol. The van der Waals surface area contributed by atoms with E-state index in [0.717, 1.165) is 48.6 Å². The molecule has 0 radical (unpaired) electrons. The minimum atomic E-state index is 0.305. The lowest BCUT2D eigenvalue weighted by Crippen LogP contribution is -2.45. The van der Waals surface area contributed by atoms with Gasteiger partial charge in [-0.05, 0) is 48.7 Å². The second-order valence-corrected chi connectivity index (χ2v) is 7.49. The lowest BCUT2D eigenvalue weighted by molar-refractivity contribution is 0.158. The Morgan fingerprint density at radius 3 is 2.88 bits per heavy atom. The number of halogens is 1. The van der Waals surface area contributed by atoms with Gasteiger partial charge >= 0.3 is 0 Å². The molecule has 4 rings (SSSR count). The van der Waals surface area contributed by atoms with E-state index in [0.29, 0.717) is 17.0 Å². The molecule has 1 aliphatic heterocycles. The highest BCUT2D eigenvalue weighted by Crippen LogP contribution is 2.28. The van der Waals surface area contributed by atoms with Gasteiger partial charge in [0, 0.05) is 36.0 Å². The van der Waals surface area contributed by atoms with E-state index in [9.17, 15) is 0 Å². The first-order chi connectivity index (χ1) is 12.6. The molecule has 7 heteroatoms. The van der Waals surface area contributed by atoms with Crippen LogP contribution in [0.15, 0.2) is 36.8 Å². The van der Waals surface area contributed by atoms with E-state index in [1.165, 1.54) is 5.56 Å². The first-order valence-corrected chi connectivity index (χ1v) is 9.29. The zero-order chi connectivity index (χ0) is 18.1. The molecule has 4 N–H and O–H groups in total. The molecular weight excluding hydrogens is 348 g/mol. The normalized spacial score (nSPS) is 21.2. The van der Waals surface area contributed by atoms with Gasteiger partial charge in [-0.15, -0.1) is 0 Å². The summed E-state index contributed by atoms with van der Waals surface area (Å²) < 4.78 is 0. The van der Waals surface area contributed by atoms with Gasteiger partial charge in [0.25, 0.3) is 0 Å². The van der Waals surface area contributed by atoms with Crippen molar-refractivity contribution < 1.29 is 0 Å². The molecule has 136 valence electrons. The summed E-state index contributed by atoms with van der Waals surface area (Å²) in [5, 5.41) is 5.13. The predicted octanol–water partition coefficient (Wildman–Crippen LogP) is 3.52. The standard InChI is InChI=1S/C19H23ClN6/c1-12-9-26(7-6-16(12)21)10-13-8-22-18-17(13)19(24-11-23-18)25-15-4-2-14(20)3-5-15/h2-5,8,11-12,16H,6-7,9-10,21H2,1H3,(H2,22,23,24,25)/t12-,16-/m0/s1. The zero-order valence-corrected chi connectivity index (χ0v) is 15.5. The van der Waals surface area contributed by atoms with Crippen LogP contribution >= 0.6 is 11.6 Å². The Kier molecular flexibility index (Phi) is 4.80. The van der Waals surface area contributed by atoms with Crippen molar-refractivity contribution in [3.8, 4) is 0 Å². The molecule has 1 aromatic carbocycles.